The lowest BCUT2D eigenvalue weighted by Crippen LogP contribution is -2.48. The minimum absolute atomic E-state index is 0. The molecule has 9 heteroatoms. The van der Waals surface area contributed by atoms with Crippen molar-refractivity contribution in [3.05, 3.63) is 49.9 Å². The van der Waals surface area contributed by atoms with Crippen LogP contribution in [0.15, 0.2) is 28.6 Å². The van der Waals surface area contributed by atoms with Gasteiger partial charge in [0, 0.05) is 54.7 Å². The Bertz CT molecular complexity index is 840. The molecule has 5 nitrogen and oxygen atoms in total. The molecule has 1 aromatic heterocycles. The third-order valence-corrected chi connectivity index (χ3v) is 6.55. The second kappa shape index (κ2) is 11.1. The molecule has 3 rings (SSSR count). The highest BCUT2D eigenvalue weighted by atomic mass is 127. The summed E-state index contributed by atoms with van der Waals surface area (Å²) in [5.74, 6) is 0.835. The van der Waals surface area contributed by atoms with E-state index in [2.05, 4.69) is 25.6 Å². The molecular formula is C20H27Cl2IN4OS. The van der Waals surface area contributed by atoms with Crippen molar-refractivity contribution >= 4 is 64.5 Å². The maximum absolute atomic E-state index is 6.57. The molecule has 29 heavy (non-hydrogen) atoms. The zero-order valence-electron chi connectivity index (χ0n) is 16.9. The van der Waals surface area contributed by atoms with Crippen molar-refractivity contribution in [3.8, 4) is 0 Å². The summed E-state index contributed by atoms with van der Waals surface area (Å²) in [7, 11) is 3.83. The maximum Gasteiger partial charge on any atom is 0.193 e. The predicted octanol–water partition coefficient (Wildman–Crippen LogP) is 5.13. The smallest absolute Gasteiger partial charge is 0.193 e. The van der Waals surface area contributed by atoms with E-state index in [9.17, 15) is 0 Å². The molecule has 0 saturated carbocycles. The number of aryl methyl sites for hydroxylation is 1. The molecule has 1 aliphatic rings. The number of hydrogen-bond acceptors (Lipinski definition) is 4. The molecule has 0 aliphatic carbocycles. The Labute approximate surface area is 203 Å². The Morgan fingerprint density at radius 1 is 1.34 bits per heavy atom. The monoisotopic (exact) mass is 568 g/mol. The number of thiazole rings is 1. The number of nitrogens with zero attached hydrogens (tertiary/aromatic N) is 3. The summed E-state index contributed by atoms with van der Waals surface area (Å²) in [6, 6.07) is 5.77. The Hall–Kier alpha value is -0.610. The number of benzene rings is 1. The Morgan fingerprint density at radius 3 is 2.66 bits per heavy atom. The van der Waals surface area contributed by atoms with Crippen LogP contribution in [0.2, 0.25) is 10.0 Å². The van der Waals surface area contributed by atoms with Crippen LogP contribution in [-0.4, -0.2) is 49.7 Å². The first-order valence-electron chi connectivity index (χ1n) is 9.29. The van der Waals surface area contributed by atoms with Gasteiger partial charge >= 0.3 is 0 Å². The lowest BCUT2D eigenvalue weighted by atomic mass is 9.74. The van der Waals surface area contributed by atoms with Crippen molar-refractivity contribution < 1.29 is 4.74 Å². The molecule has 0 amide bonds. The topological polar surface area (TPSA) is 49.8 Å². The maximum atomic E-state index is 6.57. The standard InChI is InChI=1S/C20H26Cl2N4OS.HI/c1-14-25-16(12-28-14)11-26(3)19(23-2)24-13-20(6-8-27-9-7-20)17-5-4-15(21)10-18(17)22;/h4-5,10,12H,6-9,11,13H2,1-3H3,(H,23,24);1H. The van der Waals surface area contributed by atoms with Crippen LogP contribution >= 0.6 is 58.5 Å². The summed E-state index contributed by atoms with van der Waals surface area (Å²) in [5.41, 5.74) is 2.05. The van der Waals surface area contributed by atoms with Gasteiger partial charge < -0.3 is 15.0 Å². The number of guanidine groups is 1. The van der Waals surface area contributed by atoms with Gasteiger partial charge in [-0.25, -0.2) is 4.98 Å². The normalized spacial score (nSPS) is 16.2. The van der Waals surface area contributed by atoms with Gasteiger partial charge in [0.15, 0.2) is 5.96 Å². The van der Waals surface area contributed by atoms with E-state index in [1.54, 1.807) is 18.4 Å². The zero-order valence-corrected chi connectivity index (χ0v) is 21.5. The lowest BCUT2D eigenvalue weighted by molar-refractivity contribution is 0.0512. The van der Waals surface area contributed by atoms with E-state index in [4.69, 9.17) is 27.9 Å². The average molecular weight is 569 g/mol. The molecule has 2 heterocycles. The van der Waals surface area contributed by atoms with Crippen LogP contribution in [0.5, 0.6) is 0 Å². The van der Waals surface area contributed by atoms with Crippen LogP contribution in [0.4, 0.5) is 0 Å². The summed E-state index contributed by atoms with van der Waals surface area (Å²) in [6.07, 6.45) is 1.79. The van der Waals surface area contributed by atoms with Crippen LogP contribution in [0.25, 0.3) is 0 Å². The van der Waals surface area contributed by atoms with Gasteiger partial charge in [0.25, 0.3) is 0 Å². The fourth-order valence-electron chi connectivity index (χ4n) is 3.65. The number of ether oxygens (including phenoxy) is 1. The Kier molecular flexibility index (Phi) is 9.47. The number of aromatic nitrogens is 1. The molecule has 2 aromatic rings. The molecule has 0 atom stereocenters. The van der Waals surface area contributed by atoms with Gasteiger partial charge in [0.05, 0.1) is 17.2 Å². The number of halogens is 3. The van der Waals surface area contributed by atoms with Gasteiger partial charge in [-0.05, 0) is 37.5 Å². The SMILES string of the molecule is CN=C(NCC1(c2ccc(Cl)cc2Cl)CCOCC1)N(C)Cc1csc(C)n1.I. The fraction of sp³-hybridized carbons (Fsp3) is 0.500. The van der Waals surface area contributed by atoms with E-state index in [-0.39, 0.29) is 29.4 Å². The molecule has 1 aromatic carbocycles. The first-order chi connectivity index (χ1) is 13.4. The van der Waals surface area contributed by atoms with Crippen LogP contribution in [0.1, 0.15) is 29.1 Å². The van der Waals surface area contributed by atoms with E-state index in [0.29, 0.717) is 29.8 Å². The summed E-state index contributed by atoms with van der Waals surface area (Å²) < 4.78 is 5.63. The zero-order chi connectivity index (χ0) is 20.1. The number of hydrogen-bond donors (Lipinski definition) is 1. The van der Waals surface area contributed by atoms with Crippen molar-refractivity contribution in [3.63, 3.8) is 0 Å². The first-order valence-corrected chi connectivity index (χ1v) is 10.9. The third-order valence-electron chi connectivity index (χ3n) is 5.18. The van der Waals surface area contributed by atoms with Crippen LogP contribution in [0.3, 0.4) is 0 Å². The molecular weight excluding hydrogens is 542 g/mol. The molecule has 0 spiro atoms. The van der Waals surface area contributed by atoms with Gasteiger partial charge in [-0.1, -0.05) is 29.3 Å². The molecule has 0 radical (unpaired) electrons. The lowest BCUT2D eigenvalue weighted by Gasteiger charge is -2.39. The van der Waals surface area contributed by atoms with E-state index >= 15 is 0 Å². The molecule has 1 N–H and O–H groups in total. The van der Waals surface area contributed by atoms with Gasteiger partial charge in [-0.3, -0.25) is 4.99 Å². The van der Waals surface area contributed by atoms with Crippen molar-refractivity contribution in [2.45, 2.75) is 31.7 Å². The summed E-state index contributed by atoms with van der Waals surface area (Å²) in [4.78, 5) is 11.1. The van der Waals surface area contributed by atoms with Crippen molar-refractivity contribution in [2.75, 3.05) is 33.9 Å². The van der Waals surface area contributed by atoms with Crippen LogP contribution < -0.4 is 5.32 Å². The van der Waals surface area contributed by atoms with E-state index in [1.165, 1.54) is 0 Å². The molecule has 160 valence electrons. The van der Waals surface area contributed by atoms with Gasteiger partial charge in [-0.2, -0.15) is 0 Å². The summed E-state index contributed by atoms with van der Waals surface area (Å²) >= 11 is 14.4. The van der Waals surface area contributed by atoms with E-state index < -0.39 is 0 Å². The molecule has 1 aliphatic heterocycles. The van der Waals surface area contributed by atoms with Gasteiger partial charge in [0.1, 0.15) is 0 Å². The second-order valence-electron chi connectivity index (χ2n) is 7.13. The Balaban J connectivity index is 0.00000300. The minimum Gasteiger partial charge on any atom is -0.381 e. The minimum atomic E-state index is -0.117. The van der Waals surface area contributed by atoms with Crippen LogP contribution in [0, 0.1) is 6.92 Å². The average Bonchev–Trinajstić information content (AvgIpc) is 3.07. The van der Waals surface area contributed by atoms with Gasteiger partial charge in [-0.15, -0.1) is 35.3 Å². The quantitative estimate of drug-likeness (QED) is 0.308. The molecule has 1 saturated heterocycles. The largest absolute Gasteiger partial charge is 0.381 e. The number of nitrogens with one attached hydrogen (secondary N) is 1. The van der Waals surface area contributed by atoms with Crippen LogP contribution in [-0.2, 0) is 16.7 Å². The molecule has 1 fully saturated rings. The highest BCUT2D eigenvalue weighted by Gasteiger charge is 2.36. The fourth-order valence-corrected chi connectivity index (χ4v) is 4.87. The predicted molar refractivity (Wildman–Crippen MR) is 133 cm³/mol. The highest BCUT2D eigenvalue weighted by molar-refractivity contribution is 14.0. The van der Waals surface area contributed by atoms with Crippen molar-refractivity contribution in [1.29, 1.82) is 0 Å². The molecule has 0 unspecified atom stereocenters. The van der Waals surface area contributed by atoms with E-state index in [1.807, 2.05) is 32.2 Å². The van der Waals surface area contributed by atoms with Gasteiger partial charge in [0.2, 0.25) is 0 Å². The molecule has 0 bridgehead atoms. The third kappa shape index (κ3) is 6.19. The Morgan fingerprint density at radius 2 is 2.07 bits per heavy atom. The number of rotatable bonds is 5. The van der Waals surface area contributed by atoms with E-state index in [0.717, 1.165) is 41.6 Å². The van der Waals surface area contributed by atoms with Crippen molar-refractivity contribution in [2.24, 2.45) is 4.99 Å². The number of aliphatic imine (C=N–C) groups is 1. The first kappa shape index (κ1) is 24.7. The highest BCUT2D eigenvalue weighted by Crippen LogP contribution is 2.39. The van der Waals surface area contributed by atoms with Crippen molar-refractivity contribution in [1.82, 2.24) is 15.2 Å². The second-order valence-corrected chi connectivity index (χ2v) is 9.04. The summed E-state index contributed by atoms with van der Waals surface area (Å²) in [6.45, 7) is 4.89. The summed E-state index contributed by atoms with van der Waals surface area (Å²) in [5, 5.41) is 8.07.